The highest BCUT2D eigenvalue weighted by atomic mass is 19.4. The zero-order valence-corrected chi connectivity index (χ0v) is 12.6. The lowest BCUT2D eigenvalue weighted by atomic mass is 9.85. The third-order valence-electron chi connectivity index (χ3n) is 4.27. The normalized spacial score (nSPS) is 23.6. The minimum absolute atomic E-state index is 0.0327. The molecule has 23 heavy (non-hydrogen) atoms. The zero-order chi connectivity index (χ0) is 16.7. The number of amides is 1. The molecule has 1 fully saturated rings. The number of halogens is 3. The van der Waals surface area contributed by atoms with Crippen LogP contribution >= 0.6 is 0 Å². The second-order valence-electron chi connectivity index (χ2n) is 6.02. The number of aromatic nitrogens is 2. The van der Waals surface area contributed by atoms with Crippen LogP contribution in [0.1, 0.15) is 30.3 Å². The van der Waals surface area contributed by atoms with Crippen molar-refractivity contribution in [3.63, 3.8) is 0 Å². The summed E-state index contributed by atoms with van der Waals surface area (Å²) in [5, 5.41) is 8.51. The number of aryl methyl sites for hydroxylation is 1. The van der Waals surface area contributed by atoms with Crippen molar-refractivity contribution in [2.75, 3.05) is 19.8 Å². The average molecular weight is 333 g/mol. The molecule has 1 aromatic heterocycles. The molecule has 2 heterocycles. The summed E-state index contributed by atoms with van der Waals surface area (Å²) in [6.07, 6.45) is -3.62. The molecule has 2 N–H and O–H groups in total. The van der Waals surface area contributed by atoms with Gasteiger partial charge in [-0.25, -0.2) is 0 Å². The quantitative estimate of drug-likeness (QED) is 0.877. The van der Waals surface area contributed by atoms with Crippen molar-refractivity contribution in [1.82, 2.24) is 15.5 Å². The predicted molar refractivity (Wildman–Crippen MR) is 72.4 cm³/mol. The van der Waals surface area contributed by atoms with Gasteiger partial charge in [-0.05, 0) is 26.2 Å². The van der Waals surface area contributed by atoms with Gasteiger partial charge in [-0.3, -0.25) is 9.89 Å². The van der Waals surface area contributed by atoms with E-state index in [0.29, 0.717) is 31.7 Å². The van der Waals surface area contributed by atoms with Gasteiger partial charge in [0.15, 0.2) is 11.5 Å². The first-order chi connectivity index (χ1) is 10.8. The number of hydrogen-bond acceptors (Lipinski definition) is 4. The molecule has 1 amide bonds. The van der Waals surface area contributed by atoms with Crippen molar-refractivity contribution in [3.8, 4) is 0 Å². The van der Waals surface area contributed by atoms with Gasteiger partial charge in [0, 0.05) is 17.2 Å². The molecule has 1 atom stereocenters. The molecule has 0 unspecified atom stereocenters. The summed E-state index contributed by atoms with van der Waals surface area (Å²) in [7, 11) is 0. The van der Waals surface area contributed by atoms with Gasteiger partial charge in [-0.1, -0.05) is 0 Å². The van der Waals surface area contributed by atoms with E-state index < -0.39 is 23.6 Å². The summed E-state index contributed by atoms with van der Waals surface area (Å²) in [6, 6.07) is 0. The predicted octanol–water partition coefficient (Wildman–Crippen LogP) is 1.41. The Bertz CT molecular complexity index is 594. The maximum atomic E-state index is 12.9. The molecular weight excluding hydrogens is 315 g/mol. The van der Waals surface area contributed by atoms with Crippen LogP contribution in [0.25, 0.3) is 0 Å². The van der Waals surface area contributed by atoms with E-state index in [4.69, 9.17) is 9.47 Å². The summed E-state index contributed by atoms with van der Waals surface area (Å²) in [5.41, 5.74) is -0.348. The summed E-state index contributed by atoms with van der Waals surface area (Å²) < 4.78 is 49.5. The first-order valence-corrected chi connectivity index (χ1v) is 7.47. The van der Waals surface area contributed by atoms with Crippen LogP contribution in [-0.2, 0) is 33.3 Å². The summed E-state index contributed by atoms with van der Waals surface area (Å²) >= 11 is 0. The highest BCUT2D eigenvalue weighted by Gasteiger charge is 2.40. The Morgan fingerprint density at radius 3 is 2.78 bits per heavy atom. The first kappa shape index (κ1) is 16.3. The third kappa shape index (κ3) is 3.35. The Labute approximate surface area is 130 Å². The first-order valence-electron chi connectivity index (χ1n) is 7.47. The molecule has 0 saturated carbocycles. The number of H-pyrrole nitrogens is 1. The second kappa shape index (κ2) is 5.79. The summed E-state index contributed by atoms with van der Waals surface area (Å²) in [6.45, 7) is 2.82. The van der Waals surface area contributed by atoms with Gasteiger partial charge in [-0.2, -0.15) is 18.3 Å². The molecule has 2 aliphatic rings. The van der Waals surface area contributed by atoms with Crippen molar-refractivity contribution >= 4 is 5.91 Å². The Morgan fingerprint density at radius 2 is 2.13 bits per heavy atom. The molecule has 0 spiro atoms. The van der Waals surface area contributed by atoms with Crippen LogP contribution in [0.3, 0.4) is 0 Å². The topological polar surface area (TPSA) is 76.2 Å². The van der Waals surface area contributed by atoms with Gasteiger partial charge in [0.2, 0.25) is 5.91 Å². The van der Waals surface area contributed by atoms with Crippen LogP contribution in [0.2, 0.25) is 0 Å². The fraction of sp³-hybridized carbons (Fsp3) is 0.714. The number of nitrogens with zero attached hydrogens (tertiary/aromatic N) is 1. The minimum atomic E-state index is -4.51. The molecule has 1 aliphatic carbocycles. The maximum absolute atomic E-state index is 12.9. The lowest BCUT2D eigenvalue weighted by Gasteiger charge is -2.26. The number of ether oxygens (including phenoxy) is 2. The van der Waals surface area contributed by atoms with Gasteiger partial charge < -0.3 is 14.8 Å². The maximum Gasteiger partial charge on any atom is 0.435 e. The molecule has 3 rings (SSSR count). The van der Waals surface area contributed by atoms with Gasteiger partial charge >= 0.3 is 6.18 Å². The summed E-state index contributed by atoms with van der Waals surface area (Å²) in [4.78, 5) is 12.3. The highest BCUT2D eigenvalue weighted by Crippen LogP contribution is 2.36. The lowest BCUT2D eigenvalue weighted by Crippen LogP contribution is -2.44. The SMILES string of the molecule is CC1(CNC(=O)[C@H]2CCc3[nH]nc(C(F)(F)F)c3C2)OCCO1. The smallest absolute Gasteiger partial charge is 0.350 e. The molecule has 9 heteroatoms. The molecule has 6 nitrogen and oxygen atoms in total. The largest absolute Gasteiger partial charge is 0.435 e. The second-order valence-corrected chi connectivity index (χ2v) is 6.02. The van der Waals surface area contributed by atoms with Crippen molar-refractivity contribution in [3.05, 3.63) is 17.0 Å². The zero-order valence-electron chi connectivity index (χ0n) is 12.6. The number of rotatable bonds is 3. The van der Waals surface area contributed by atoms with Gasteiger partial charge in [0.05, 0.1) is 19.8 Å². The number of carbonyl (C=O) groups excluding carboxylic acids is 1. The van der Waals surface area contributed by atoms with Crippen LogP contribution in [0.5, 0.6) is 0 Å². The van der Waals surface area contributed by atoms with Crippen molar-refractivity contribution in [2.24, 2.45) is 5.92 Å². The number of fused-ring (bicyclic) bond motifs is 1. The average Bonchev–Trinajstić information content (AvgIpc) is 3.10. The Kier molecular flexibility index (Phi) is 4.09. The monoisotopic (exact) mass is 333 g/mol. The van der Waals surface area contributed by atoms with Crippen molar-refractivity contribution < 1.29 is 27.4 Å². The molecule has 1 saturated heterocycles. The Balaban J connectivity index is 1.64. The lowest BCUT2D eigenvalue weighted by molar-refractivity contribution is -0.147. The van der Waals surface area contributed by atoms with Crippen LogP contribution in [0, 0.1) is 5.92 Å². The van der Waals surface area contributed by atoms with E-state index in [1.165, 1.54) is 0 Å². The number of aromatic amines is 1. The van der Waals surface area contributed by atoms with Gasteiger partial charge in [0.25, 0.3) is 0 Å². The van der Waals surface area contributed by atoms with Crippen molar-refractivity contribution in [1.29, 1.82) is 0 Å². The van der Waals surface area contributed by atoms with E-state index in [-0.39, 0.29) is 24.4 Å². The molecule has 0 radical (unpaired) electrons. The van der Waals surface area contributed by atoms with E-state index in [1.807, 2.05) is 0 Å². The molecule has 1 aliphatic heterocycles. The van der Waals surface area contributed by atoms with E-state index in [0.717, 1.165) is 0 Å². The van der Waals surface area contributed by atoms with Crippen LogP contribution in [0.15, 0.2) is 0 Å². The Morgan fingerprint density at radius 1 is 1.43 bits per heavy atom. The standard InChI is InChI=1S/C14H18F3N3O3/c1-13(22-4-5-23-13)7-18-12(21)8-2-3-10-9(6-8)11(20-19-10)14(15,16)17/h8H,2-7H2,1H3,(H,18,21)(H,19,20)/t8-/m0/s1. The van der Waals surface area contributed by atoms with Gasteiger partial charge in [-0.15, -0.1) is 0 Å². The molecule has 128 valence electrons. The van der Waals surface area contributed by atoms with E-state index in [1.54, 1.807) is 6.92 Å². The fourth-order valence-electron chi connectivity index (χ4n) is 3.00. The van der Waals surface area contributed by atoms with Gasteiger partial charge in [0.1, 0.15) is 0 Å². The molecule has 0 aromatic carbocycles. The Hall–Kier alpha value is -1.61. The van der Waals surface area contributed by atoms with Crippen LogP contribution < -0.4 is 5.32 Å². The van der Waals surface area contributed by atoms with Crippen LogP contribution in [-0.4, -0.2) is 41.7 Å². The summed E-state index contributed by atoms with van der Waals surface area (Å²) in [5.74, 6) is -1.65. The van der Waals surface area contributed by atoms with E-state index in [2.05, 4.69) is 15.5 Å². The van der Waals surface area contributed by atoms with E-state index >= 15 is 0 Å². The molecular formula is C14H18F3N3O3. The number of nitrogens with one attached hydrogen (secondary N) is 2. The number of hydrogen-bond donors (Lipinski definition) is 2. The fourth-order valence-corrected chi connectivity index (χ4v) is 3.00. The molecule has 1 aromatic rings. The highest BCUT2D eigenvalue weighted by molar-refractivity contribution is 5.79. The number of carbonyl (C=O) groups is 1. The number of alkyl halides is 3. The van der Waals surface area contributed by atoms with Crippen molar-refractivity contribution in [2.45, 2.75) is 38.1 Å². The molecule has 0 bridgehead atoms. The van der Waals surface area contributed by atoms with E-state index in [9.17, 15) is 18.0 Å². The van der Waals surface area contributed by atoms with Crippen LogP contribution in [0.4, 0.5) is 13.2 Å². The minimum Gasteiger partial charge on any atom is -0.350 e. The third-order valence-corrected chi connectivity index (χ3v) is 4.27.